The number of nitrogens with one attached hydrogen (secondary N) is 1. The maximum Gasteiger partial charge on any atom is 0.160 e. The molecule has 3 heterocycles. The summed E-state index contributed by atoms with van der Waals surface area (Å²) in [6.45, 7) is 21.2. The lowest BCUT2D eigenvalue weighted by Crippen LogP contribution is -2.34. The lowest BCUT2D eigenvalue weighted by atomic mass is 9.96. The van der Waals surface area contributed by atoms with E-state index in [2.05, 4.69) is 62.5 Å². The van der Waals surface area contributed by atoms with Crippen LogP contribution in [0.2, 0.25) is 51.4 Å². The fourth-order valence-corrected chi connectivity index (χ4v) is 5.59. The van der Waals surface area contributed by atoms with E-state index in [0.29, 0.717) is 19.4 Å². The fourth-order valence-electron chi connectivity index (χ4n) is 4.07. The summed E-state index contributed by atoms with van der Waals surface area (Å²) in [5.74, 6) is 1.45. The summed E-state index contributed by atoms with van der Waals surface area (Å²) in [7, 11) is -2.28. The molecular formula is C25H47N5O2Si2. The molecule has 0 aliphatic carbocycles. The standard InChI is InChI=1S/C25H47N5O2Si2/c1-8-21-18-27-30-24(16-23(28-25(21)30)22-10-9-11-26-17-22)29(19-31-12-14-33(2,3)4)20-32-13-15-34(5,6)7/h16,18,22,26H,8-15,17,19-20H2,1-7H3. The summed E-state index contributed by atoms with van der Waals surface area (Å²) in [5, 5.41) is 8.28. The molecular weight excluding hydrogens is 458 g/mol. The van der Waals surface area contributed by atoms with Crippen molar-refractivity contribution in [3.05, 3.63) is 23.5 Å². The second kappa shape index (κ2) is 12.1. The van der Waals surface area contributed by atoms with Crippen LogP contribution in [0.15, 0.2) is 12.3 Å². The van der Waals surface area contributed by atoms with Crippen molar-refractivity contribution in [2.24, 2.45) is 0 Å². The second-order valence-electron chi connectivity index (χ2n) is 12.1. The lowest BCUT2D eigenvalue weighted by Gasteiger charge is -2.28. The van der Waals surface area contributed by atoms with Gasteiger partial charge in [0.05, 0.1) is 11.9 Å². The van der Waals surface area contributed by atoms with Crippen LogP contribution in [0, 0.1) is 0 Å². The number of anilines is 1. The first-order chi connectivity index (χ1) is 16.1. The highest BCUT2D eigenvalue weighted by molar-refractivity contribution is 6.76. The van der Waals surface area contributed by atoms with Crippen molar-refractivity contribution in [2.45, 2.75) is 83.5 Å². The molecule has 1 N–H and O–H groups in total. The Kier molecular flexibility index (Phi) is 9.74. The Bertz CT molecular complexity index is 879. The van der Waals surface area contributed by atoms with Gasteiger partial charge in [0.15, 0.2) is 5.65 Å². The van der Waals surface area contributed by atoms with Gasteiger partial charge in [-0.15, -0.1) is 0 Å². The number of aryl methyl sites for hydroxylation is 1. The van der Waals surface area contributed by atoms with Gasteiger partial charge in [0, 0.05) is 53.5 Å². The summed E-state index contributed by atoms with van der Waals surface area (Å²) in [6.07, 6.45) is 5.24. The number of hydrogen-bond acceptors (Lipinski definition) is 6. The summed E-state index contributed by atoms with van der Waals surface area (Å²) in [5.41, 5.74) is 3.31. The second-order valence-corrected chi connectivity index (χ2v) is 23.3. The number of fused-ring (bicyclic) bond motifs is 1. The molecule has 0 bridgehead atoms. The van der Waals surface area contributed by atoms with Crippen molar-refractivity contribution in [3.8, 4) is 0 Å². The molecule has 9 heteroatoms. The Hall–Kier alpha value is -1.27. The number of piperidine rings is 1. The van der Waals surface area contributed by atoms with Gasteiger partial charge in [-0.2, -0.15) is 9.61 Å². The highest BCUT2D eigenvalue weighted by Crippen LogP contribution is 2.28. The zero-order valence-electron chi connectivity index (χ0n) is 22.6. The quantitative estimate of drug-likeness (QED) is 0.230. The molecule has 1 fully saturated rings. The van der Waals surface area contributed by atoms with Gasteiger partial charge in [0.1, 0.15) is 19.3 Å². The molecule has 1 unspecified atom stereocenters. The molecule has 1 atom stereocenters. The van der Waals surface area contributed by atoms with Gasteiger partial charge in [0.25, 0.3) is 0 Å². The molecule has 2 aromatic heterocycles. The van der Waals surface area contributed by atoms with Crippen molar-refractivity contribution < 1.29 is 9.47 Å². The van der Waals surface area contributed by atoms with Crippen molar-refractivity contribution in [3.63, 3.8) is 0 Å². The van der Waals surface area contributed by atoms with Gasteiger partial charge in [-0.05, 0) is 37.9 Å². The van der Waals surface area contributed by atoms with Gasteiger partial charge in [-0.1, -0.05) is 46.2 Å². The van der Waals surface area contributed by atoms with Gasteiger partial charge >= 0.3 is 0 Å². The van der Waals surface area contributed by atoms with E-state index in [1.54, 1.807) is 0 Å². The number of nitrogens with zero attached hydrogens (tertiary/aromatic N) is 4. The third-order valence-corrected chi connectivity index (χ3v) is 9.86. The van der Waals surface area contributed by atoms with Crippen LogP contribution < -0.4 is 10.2 Å². The Labute approximate surface area is 208 Å². The lowest BCUT2D eigenvalue weighted by molar-refractivity contribution is 0.0942. The maximum absolute atomic E-state index is 6.21. The molecule has 3 rings (SSSR count). The Morgan fingerprint density at radius 3 is 2.24 bits per heavy atom. The van der Waals surface area contributed by atoms with Crippen molar-refractivity contribution >= 4 is 27.6 Å². The first kappa shape index (κ1) is 27.3. The topological polar surface area (TPSA) is 63.9 Å². The largest absolute Gasteiger partial charge is 0.361 e. The van der Waals surface area contributed by atoms with Gasteiger partial charge in [0.2, 0.25) is 0 Å². The Balaban J connectivity index is 1.87. The number of aromatic nitrogens is 3. The molecule has 0 spiro atoms. The highest BCUT2D eigenvalue weighted by atomic mass is 28.3. The average molecular weight is 506 g/mol. The van der Waals surface area contributed by atoms with Crippen LogP contribution in [0.4, 0.5) is 5.82 Å². The molecule has 34 heavy (non-hydrogen) atoms. The van der Waals surface area contributed by atoms with E-state index >= 15 is 0 Å². The molecule has 0 saturated carbocycles. The van der Waals surface area contributed by atoms with E-state index in [0.717, 1.165) is 62.0 Å². The number of hydrogen-bond donors (Lipinski definition) is 1. The van der Waals surface area contributed by atoms with Crippen molar-refractivity contribution in [1.29, 1.82) is 0 Å². The van der Waals surface area contributed by atoms with Crippen molar-refractivity contribution in [2.75, 3.05) is 44.7 Å². The third kappa shape index (κ3) is 8.15. The maximum atomic E-state index is 6.21. The van der Waals surface area contributed by atoms with E-state index < -0.39 is 16.1 Å². The van der Waals surface area contributed by atoms with Gasteiger partial charge < -0.3 is 19.7 Å². The van der Waals surface area contributed by atoms with Gasteiger partial charge in [-0.25, -0.2) is 4.98 Å². The fraction of sp³-hybridized carbons (Fsp3) is 0.760. The van der Waals surface area contributed by atoms with E-state index in [1.165, 1.54) is 18.4 Å². The minimum absolute atomic E-state index is 0.430. The average Bonchev–Trinajstić information content (AvgIpc) is 3.20. The first-order valence-corrected chi connectivity index (χ1v) is 20.5. The summed E-state index contributed by atoms with van der Waals surface area (Å²) >= 11 is 0. The van der Waals surface area contributed by atoms with Crippen LogP contribution in [0.1, 0.15) is 36.9 Å². The highest BCUT2D eigenvalue weighted by Gasteiger charge is 2.23. The van der Waals surface area contributed by atoms with Gasteiger partial charge in [-0.3, -0.25) is 0 Å². The molecule has 192 valence electrons. The Morgan fingerprint density at radius 2 is 1.71 bits per heavy atom. The molecule has 0 amide bonds. The normalized spacial score (nSPS) is 17.4. The molecule has 0 radical (unpaired) electrons. The molecule has 7 nitrogen and oxygen atoms in total. The predicted molar refractivity (Wildman–Crippen MR) is 148 cm³/mol. The van der Waals surface area contributed by atoms with Crippen LogP contribution in [-0.4, -0.2) is 70.5 Å². The van der Waals surface area contributed by atoms with Crippen LogP contribution in [-0.2, 0) is 15.9 Å². The first-order valence-electron chi connectivity index (χ1n) is 13.1. The molecule has 1 saturated heterocycles. The smallest absolute Gasteiger partial charge is 0.160 e. The Morgan fingerprint density at radius 1 is 1.06 bits per heavy atom. The van der Waals surface area contributed by atoms with E-state index in [1.807, 2.05) is 10.7 Å². The summed E-state index contributed by atoms with van der Waals surface area (Å²) in [4.78, 5) is 7.30. The predicted octanol–water partition coefficient (Wildman–Crippen LogP) is 5.19. The van der Waals surface area contributed by atoms with Crippen LogP contribution in [0.3, 0.4) is 0 Å². The third-order valence-electron chi connectivity index (χ3n) is 6.45. The van der Waals surface area contributed by atoms with E-state index in [4.69, 9.17) is 19.6 Å². The summed E-state index contributed by atoms with van der Waals surface area (Å²) < 4.78 is 14.4. The van der Waals surface area contributed by atoms with E-state index in [9.17, 15) is 0 Å². The van der Waals surface area contributed by atoms with Crippen LogP contribution in [0.25, 0.3) is 5.65 Å². The SMILES string of the molecule is CCc1cnn2c(N(COCC[Si](C)(C)C)COCC[Si](C)(C)C)cc(C3CCCNC3)nc12. The van der Waals surface area contributed by atoms with Crippen molar-refractivity contribution in [1.82, 2.24) is 19.9 Å². The van der Waals surface area contributed by atoms with Crippen LogP contribution in [0.5, 0.6) is 0 Å². The zero-order valence-corrected chi connectivity index (χ0v) is 24.6. The van der Waals surface area contributed by atoms with E-state index in [-0.39, 0.29) is 0 Å². The minimum atomic E-state index is -1.14. The summed E-state index contributed by atoms with van der Waals surface area (Å²) in [6, 6.07) is 4.54. The number of rotatable bonds is 13. The minimum Gasteiger partial charge on any atom is -0.361 e. The molecule has 2 aromatic rings. The molecule has 0 aromatic carbocycles. The number of ether oxygens (including phenoxy) is 2. The van der Waals surface area contributed by atoms with Crippen LogP contribution >= 0.6 is 0 Å². The molecule has 1 aliphatic rings. The monoisotopic (exact) mass is 505 g/mol. The molecule has 1 aliphatic heterocycles. The zero-order chi connectivity index (χ0) is 24.8.